The molecule has 0 aromatic heterocycles. The minimum absolute atomic E-state index is 0.0278. The van der Waals surface area contributed by atoms with Crippen LogP contribution < -0.4 is 0 Å². The Kier molecular flexibility index (Phi) is 15.7. The second-order valence-corrected chi connectivity index (χ2v) is 5.01. The molecule has 0 aliphatic rings. The minimum Gasteiger partial charge on any atom is -0.478 e. The summed E-state index contributed by atoms with van der Waals surface area (Å²) in [7, 11) is 0. The van der Waals surface area contributed by atoms with E-state index in [0.717, 1.165) is 12.2 Å². The van der Waals surface area contributed by atoms with Crippen molar-refractivity contribution >= 4 is 11.9 Å². The maximum atomic E-state index is 10.8. The van der Waals surface area contributed by atoms with Gasteiger partial charge in [-0.2, -0.15) is 0 Å². The van der Waals surface area contributed by atoms with Crippen LogP contribution in [-0.2, 0) is 19.1 Å². The van der Waals surface area contributed by atoms with Gasteiger partial charge in [0.05, 0.1) is 46.2 Å². The fraction of sp³-hybridized carbons (Fsp3) is 0.625. The fourth-order valence-corrected chi connectivity index (χ4v) is 1.59. The molecule has 0 atom stereocenters. The van der Waals surface area contributed by atoms with Crippen LogP contribution in [0.3, 0.4) is 0 Å². The standard InChI is InChI=1S/C12H18O7.C4H10O3/c1-8(10(15)16)5-12(7-14,19-4-3-13)6-9(2)11(17)18;5-1-3-7-4-2-6/h5-6,13-14H,3-4,7H2,1-2H3,(H,15,16)(H,17,18);5-6H,1-4H2. The van der Waals surface area contributed by atoms with E-state index in [-0.39, 0.29) is 37.6 Å². The quantitative estimate of drug-likeness (QED) is 0.178. The van der Waals surface area contributed by atoms with Gasteiger partial charge in [0.25, 0.3) is 0 Å². The first-order valence-electron chi connectivity index (χ1n) is 7.70. The van der Waals surface area contributed by atoms with E-state index < -0.39 is 24.1 Å². The van der Waals surface area contributed by atoms with Crippen molar-refractivity contribution in [1.29, 1.82) is 0 Å². The Hall–Kier alpha value is -1.82. The van der Waals surface area contributed by atoms with Crippen LogP contribution in [0.5, 0.6) is 0 Å². The topological polar surface area (TPSA) is 174 Å². The molecule has 6 N–H and O–H groups in total. The molecule has 0 aromatic carbocycles. The highest BCUT2D eigenvalue weighted by atomic mass is 16.5. The zero-order valence-corrected chi connectivity index (χ0v) is 14.9. The summed E-state index contributed by atoms with van der Waals surface area (Å²) in [5, 5.41) is 51.9. The van der Waals surface area contributed by atoms with Gasteiger partial charge in [0.1, 0.15) is 5.60 Å². The predicted octanol–water partition coefficient (Wildman–Crippen LogP) is -1.22. The molecule has 0 heterocycles. The Labute approximate surface area is 151 Å². The number of ether oxygens (including phenoxy) is 2. The lowest BCUT2D eigenvalue weighted by atomic mass is 9.98. The van der Waals surface area contributed by atoms with Crippen LogP contribution in [0.25, 0.3) is 0 Å². The monoisotopic (exact) mass is 380 g/mol. The van der Waals surface area contributed by atoms with Crippen molar-refractivity contribution in [2.75, 3.05) is 46.2 Å². The smallest absolute Gasteiger partial charge is 0.331 e. The molecule has 0 aromatic rings. The molecule has 0 saturated carbocycles. The Morgan fingerprint density at radius 1 is 0.808 bits per heavy atom. The molecule has 0 radical (unpaired) electrons. The third-order valence-electron chi connectivity index (χ3n) is 2.78. The minimum atomic E-state index is -1.59. The summed E-state index contributed by atoms with van der Waals surface area (Å²) >= 11 is 0. The van der Waals surface area contributed by atoms with Crippen LogP contribution in [0.2, 0.25) is 0 Å². The molecule has 0 bridgehead atoms. The van der Waals surface area contributed by atoms with E-state index in [9.17, 15) is 14.7 Å². The van der Waals surface area contributed by atoms with E-state index in [2.05, 4.69) is 4.74 Å². The number of aliphatic hydroxyl groups is 4. The first-order chi connectivity index (χ1) is 12.2. The maximum absolute atomic E-state index is 10.8. The predicted molar refractivity (Wildman–Crippen MR) is 90.6 cm³/mol. The highest BCUT2D eigenvalue weighted by Crippen LogP contribution is 2.19. The van der Waals surface area contributed by atoms with E-state index in [1.165, 1.54) is 13.8 Å². The molecule has 0 aliphatic carbocycles. The largest absolute Gasteiger partial charge is 0.478 e. The van der Waals surface area contributed by atoms with Gasteiger partial charge >= 0.3 is 11.9 Å². The van der Waals surface area contributed by atoms with Gasteiger partial charge in [0.15, 0.2) is 0 Å². The molecule has 0 saturated heterocycles. The molecule has 0 spiro atoms. The zero-order valence-electron chi connectivity index (χ0n) is 14.9. The number of carboxylic acids is 2. The first-order valence-corrected chi connectivity index (χ1v) is 7.70. The molecule has 10 heteroatoms. The van der Waals surface area contributed by atoms with Gasteiger partial charge in [-0.15, -0.1) is 0 Å². The highest BCUT2D eigenvalue weighted by molar-refractivity contribution is 5.87. The number of carboxylic acid groups (broad SMARTS) is 2. The van der Waals surface area contributed by atoms with Gasteiger partial charge in [-0.05, 0) is 26.0 Å². The number of aliphatic carboxylic acids is 2. The third-order valence-corrected chi connectivity index (χ3v) is 2.78. The van der Waals surface area contributed by atoms with Crippen LogP contribution in [-0.4, -0.2) is 94.4 Å². The second kappa shape index (κ2) is 15.4. The summed E-state index contributed by atoms with van der Waals surface area (Å²) < 4.78 is 9.82. The van der Waals surface area contributed by atoms with Crippen molar-refractivity contribution in [3.05, 3.63) is 23.3 Å². The van der Waals surface area contributed by atoms with E-state index in [0.29, 0.717) is 13.2 Å². The molecule has 0 rings (SSSR count). The number of rotatable bonds is 12. The molecule has 0 unspecified atom stereocenters. The van der Waals surface area contributed by atoms with Crippen molar-refractivity contribution in [3.8, 4) is 0 Å². The Morgan fingerprint density at radius 3 is 1.46 bits per heavy atom. The summed E-state index contributed by atoms with van der Waals surface area (Å²) in [6.45, 7) is 2.11. The lowest BCUT2D eigenvalue weighted by molar-refractivity contribution is -0.133. The van der Waals surface area contributed by atoms with E-state index >= 15 is 0 Å². The number of hydrogen-bond donors (Lipinski definition) is 6. The lowest BCUT2D eigenvalue weighted by Gasteiger charge is -2.26. The molecule has 152 valence electrons. The van der Waals surface area contributed by atoms with Gasteiger partial charge < -0.3 is 40.1 Å². The third kappa shape index (κ3) is 12.5. The van der Waals surface area contributed by atoms with Crippen LogP contribution in [0.1, 0.15) is 13.8 Å². The summed E-state index contributed by atoms with van der Waals surface area (Å²) in [4.78, 5) is 21.6. The van der Waals surface area contributed by atoms with Gasteiger partial charge in [-0.25, -0.2) is 9.59 Å². The maximum Gasteiger partial charge on any atom is 0.331 e. The second-order valence-electron chi connectivity index (χ2n) is 5.01. The van der Waals surface area contributed by atoms with Crippen LogP contribution in [0, 0.1) is 0 Å². The van der Waals surface area contributed by atoms with Crippen molar-refractivity contribution in [1.82, 2.24) is 0 Å². The summed E-state index contributed by atoms with van der Waals surface area (Å²) in [6.07, 6.45) is 2.22. The van der Waals surface area contributed by atoms with Crippen LogP contribution in [0.4, 0.5) is 0 Å². The SMILES string of the molecule is CC(=CC(C=C(C)C(=O)O)(CO)OCCO)C(=O)O.OCCOCCO. The van der Waals surface area contributed by atoms with E-state index in [1.807, 2.05) is 0 Å². The molecular weight excluding hydrogens is 352 g/mol. The summed E-state index contributed by atoms with van der Waals surface area (Å²) in [5.74, 6) is -2.43. The van der Waals surface area contributed by atoms with E-state index in [4.69, 9.17) is 30.3 Å². The molecule has 0 aliphatic heterocycles. The Balaban J connectivity index is 0. The number of aliphatic hydroxyl groups excluding tert-OH is 4. The highest BCUT2D eigenvalue weighted by Gasteiger charge is 2.28. The Bertz CT molecular complexity index is 436. The average Bonchev–Trinajstić information content (AvgIpc) is 2.60. The van der Waals surface area contributed by atoms with Crippen molar-refractivity contribution in [3.63, 3.8) is 0 Å². The van der Waals surface area contributed by atoms with Gasteiger partial charge in [-0.3, -0.25) is 0 Å². The van der Waals surface area contributed by atoms with E-state index in [1.54, 1.807) is 0 Å². The average molecular weight is 380 g/mol. The lowest BCUT2D eigenvalue weighted by Crippen LogP contribution is -2.35. The van der Waals surface area contributed by atoms with Crippen molar-refractivity contribution < 1.29 is 49.7 Å². The molecular formula is C16H28O10. The molecule has 26 heavy (non-hydrogen) atoms. The number of hydrogen-bond acceptors (Lipinski definition) is 8. The van der Waals surface area contributed by atoms with Gasteiger partial charge in [0, 0.05) is 11.1 Å². The van der Waals surface area contributed by atoms with Crippen LogP contribution in [0.15, 0.2) is 23.3 Å². The summed E-state index contributed by atoms with van der Waals surface area (Å²) in [5.41, 5.74) is -1.81. The molecule has 0 amide bonds. The molecule has 0 fully saturated rings. The first kappa shape index (κ1) is 26.4. The number of carbonyl (C=O) groups is 2. The summed E-state index contributed by atoms with van der Waals surface area (Å²) in [6, 6.07) is 0. The normalized spacial score (nSPS) is 14.2. The zero-order chi connectivity index (χ0) is 20.6. The molecule has 10 nitrogen and oxygen atoms in total. The van der Waals surface area contributed by atoms with Gasteiger partial charge in [0.2, 0.25) is 0 Å². The van der Waals surface area contributed by atoms with Crippen molar-refractivity contribution in [2.24, 2.45) is 0 Å². The fourth-order valence-electron chi connectivity index (χ4n) is 1.59. The van der Waals surface area contributed by atoms with Crippen LogP contribution >= 0.6 is 0 Å². The Morgan fingerprint density at radius 2 is 1.19 bits per heavy atom. The van der Waals surface area contributed by atoms with Crippen molar-refractivity contribution in [2.45, 2.75) is 19.4 Å². The van der Waals surface area contributed by atoms with Gasteiger partial charge in [-0.1, -0.05) is 0 Å².